The van der Waals surface area contributed by atoms with Crippen LogP contribution in [0.4, 0.5) is 0 Å². The number of carbonyl (C=O) groups is 2. The molecule has 1 aliphatic heterocycles. The highest BCUT2D eigenvalue weighted by Crippen LogP contribution is 2.22. The molecule has 0 aromatic carbocycles. The predicted octanol–water partition coefficient (Wildman–Crippen LogP) is 1.89. The van der Waals surface area contributed by atoms with Crippen LogP contribution in [0.25, 0.3) is 0 Å². The van der Waals surface area contributed by atoms with Crippen LogP contribution in [0.15, 0.2) is 0 Å². The van der Waals surface area contributed by atoms with Gasteiger partial charge in [-0.3, -0.25) is 9.59 Å². The van der Waals surface area contributed by atoms with Crippen molar-refractivity contribution >= 4 is 11.9 Å². The lowest BCUT2D eigenvalue weighted by molar-refractivity contribution is -0.151. The Bertz CT molecular complexity index is 265. The minimum absolute atomic E-state index is 0.0192. The van der Waals surface area contributed by atoms with Gasteiger partial charge in [-0.15, -0.1) is 0 Å². The van der Waals surface area contributed by atoms with Crippen LogP contribution < -0.4 is 0 Å². The lowest BCUT2D eigenvalue weighted by atomic mass is 9.89. The lowest BCUT2D eigenvalue weighted by Crippen LogP contribution is -2.37. The number of carbonyl (C=O) groups excluding carboxylic acids is 1. The molecule has 1 saturated heterocycles. The van der Waals surface area contributed by atoms with Gasteiger partial charge in [-0.2, -0.15) is 0 Å². The van der Waals surface area contributed by atoms with Gasteiger partial charge < -0.3 is 10.0 Å². The Hall–Kier alpha value is -1.06. The van der Waals surface area contributed by atoms with E-state index in [1.807, 2.05) is 4.90 Å². The second-order valence-electron chi connectivity index (χ2n) is 5.16. The largest absolute Gasteiger partial charge is 0.481 e. The minimum Gasteiger partial charge on any atom is -0.481 e. The molecule has 4 nitrogen and oxygen atoms in total. The van der Waals surface area contributed by atoms with Gasteiger partial charge in [-0.1, -0.05) is 12.8 Å². The third kappa shape index (κ3) is 3.51. The first-order chi connectivity index (χ1) is 7.43. The fraction of sp³-hybridized carbons (Fsp3) is 0.833. The molecular formula is C12H21NO3. The fourth-order valence-corrected chi connectivity index (χ4v) is 1.89. The summed E-state index contributed by atoms with van der Waals surface area (Å²) in [6.45, 7) is 4.78. The van der Waals surface area contributed by atoms with E-state index in [9.17, 15) is 9.59 Å². The molecule has 0 bridgehead atoms. The zero-order chi connectivity index (χ0) is 12.2. The summed E-state index contributed by atoms with van der Waals surface area (Å²) in [5, 5.41) is 8.97. The molecule has 0 aliphatic carbocycles. The monoisotopic (exact) mass is 227 g/mol. The number of carboxylic acids is 1. The molecule has 0 unspecified atom stereocenters. The SMILES string of the molecule is CC(C)(CC(=O)N1CCCCCC1)C(=O)O. The Kier molecular flexibility index (Phi) is 4.33. The van der Waals surface area contributed by atoms with Crippen LogP contribution in [0, 0.1) is 5.41 Å². The molecule has 92 valence electrons. The van der Waals surface area contributed by atoms with E-state index >= 15 is 0 Å². The Morgan fingerprint density at radius 3 is 2.06 bits per heavy atom. The molecule has 1 aliphatic rings. The first kappa shape index (κ1) is 13.0. The molecule has 0 aromatic heterocycles. The Labute approximate surface area is 96.6 Å². The Morgan fingerprint density at radius 1 is 1.12 bits per heavy atom. The number of hydrogen-bond donors (Lipinski definition) is 1. The van der Waals surface area contributed by atoms with Crippen LogP contribution in [0.1, 0.15) is 46.0 Å². The Balaban J connectivity index is 2.53. The van der Waals surface area contributed by atoms with Crippen LogP contribution in [-0.4, -0.2) is 35.0 Å². The van der Waals surface area contributed by atoms with E-state index in [2.05, 4.69) is 0 Å². The second-order valence-corrected chi connectivity index (χ2v) is 5.16. The third-order valence-corrected chi connectivity index (χ3v) is 3.13. The predicted molar refractivity (Wildman–Crippen MR) is 61.1 cm³/mol. The zero-order valence-electron chi connectivity index (χ0n) is 10.2. The van der Waals surface area contributed by atoms with Gasteiger partial charge in [0.1, 0.15) is 0 Å². The van der Waals surface area contributed by atoms with Crippen LogP contribution in [0.3, 0.4) is 0 Å². The summed E-state index contributed by atoms with van der Waals surface area (Å²) in [4.78, 5) is 24.7. The highest BCUT2D eigenvalue weighted by molar-refractivity contribution is 5.84. The van der Waals surface area contributed by atoms with Crippen molar-refractivity contribution in [1.29, 1.82) is 0 Å². The van der Waals surface area contributed by atoms with E-state index in [0.29, 0.717) is 0 Å². The van der Waals surface area contributed by atoms with Crippen molar-refractivity contribution in [1.82, 2.24) is 4.90 Å². The van der Waals surface area contributed by atoms with E-state index in [-0.39, 0.29) is 12.3 Å². The number of aliphatic carboxylic acids is 1. The molecule has 0 radical (unpaired) electrons. The third-order valence-electron chi connectivity index (χ3n) is 3.13. The zero-order valence-corrected chi connectivity index (χ0v) is 10.2. The summed E-state index contributed by atoms with van der Waals surface area (Å²) in [5.41, 5.74) is -0.955. The maximum Gasteiger partial charge on any atom is 0.309 e. The standard InChI is InChI=1S/C12H21NO3/c1-12(2,11(15)16)9-10(14)13-7-5-3-4-6-8-13/h3-9H2,1-2H3,(H,15,16). The van der Waals surface area contributed by atoms with E-state index in [4.69, 9.17) is 5.11 Å². The van der Waals surface area contributed by atoms with Gasteiger partial charge in [0, 0.05) is 19.5 Å². The number of rotatable bonds is 3. The first-order valence-electron chi connectivity index (χ1n) is 5.95. The number of likely N-dealkylation sites (tertiary alicyclic amines) is 1. The molecule has 1 heterocycles. The van der Waals surface area contributed by atoms with Crippen molar-refractivity contribution in [2.45, 2.75) is 46.0 Å². The molecular weight excluding hydrogens is 206 g/mol. The summed E-state index contributed by atoms with van der Waals surface area (Å²) in [5.74, 6) is -0.926. The van der Waals surface area contributed by atoms with Gasteiger partial charge in [-0.25, -0.2) is 0 Å². The summed E-state index contributed by atoms with van der Waals surface area (Å²) in [6.07, 6.45) is 4.53. The highest BCUT2D eigenvalue weighted by atomic mass is 16.4. The van der Waals surface area contributed by atoms with Crippen LogP contribution >= 0.6 is 0 Å². The van der Waals surface area contributed by atoms with Gasteiger partial charge in [-0.05, 0) is 26.7 Å². The number of hydrogen-bond acceptors (Lipinski definition) is 2. The van der Waals surface area contributed by atoms with Gasteiger partial charge in [0.15, 0.2) is 0 Å². The summed E-state index contributed by atoms with van der Waals surface area (Å²) >= 11 is 0. The van der Waals surface area contributed by atoms with Gasteiger partial charge in [0.25, 0.3) is 0 Å². The van der Waals surface area contributed by atoms with Crippen molar-refractivity contribution in [2.24, 2.45) is 5.41 Å². The van der Waals surface area contributed by atoms with E-state index in [0.717, 1.165) is 25.9 Å². The molecule has 0 atom stereocenters. The lowest BCUT2D eigenvalue weighted by Gasteiger charge is -2.25. The van der Waals surface area contributed by atoms with E-state index in [1.54, 1.807) is 13.8 Å². The average Bonchev–Trinajstić information content (AvgIpc) is 2.44. The topological polar surface area (TPSA) is 57.6 Å². The first-order valence-corrected chi connectivity index (χ1v) is 5.95. The highest BCUT2D eigenvalue weighted by Gasteiger charge is 2.32. The smallest absolute Gasteiger partial charge is 0.309 e. The molecule has 1 fully saturated rings. The maximum absolute atomic E-state index is 11.9. The number of amides is 1. The molecule has 16 heavy (non-hydrogen) atoms. The van der Waals surface area contributed by atoms with Gasteiger partial charge in [0.2, 0.25) is 5.91 Å². The normalized spacial score (nSPS) is 18.0. The number of nitrogens with zero attached hydrogens (tertiary/aromatic N) is 1. The van der Waals surface area contributed by atoms with E-state index < -0.39 is 11.4 Å². The molecule has 1 N–H and O–H groups in total. The molecule has 0 spiro atoms. The van der Waals surface area contributed by atoms with Gasteiger partial charge in [0.05, 0.1) is 5.41 Å². The van der Waals surface area contributed by atoms with Crippen LogP contribution in [-0.2, 0) is 9.59 Å². The van der Waals surface area contributed by atoms with E-state index in [1.165, 1.54) is 12.8 Å². The fourth-order valence-electron chi connectivity index (χ4n) is 1.89. The minimum atomic E-state index is -0.955. The van der Waals surface area contributed by atoms with Crippen molar-refractivity contribution in [2.75, 3.05) is 13.1 Å². The van der Waals surface area contributed by atoms with Crippen molar-refractivity contribution < 1.29 is 14.7 Å². The van der Waals surface area contributed by atoms with Gasteiger partial charge >= 0.3 is 5.97 Å². The molecule has 1 rings (SSSR count). The summed E-state index contributed by atoms with van der Waals surface area (Å²) < 4.78 is 0. The molecule has 0 saturated carbocycles. The summed E-state index contributed by atoms with van der Waals surface area (Å²) in [7, 11) is 0. The molecule has 0 aromatic rings. The van der Waals surface area contributed by atoms with Crippen molar-refractivity contribution in [3.05, 3.63) is 0 Å². The number of carboxylic acid groups (broad SMARTS) is 1. The van der Waals surface area contributed by atoms with Crippen molar-refractivity contribution in [3.63, 3.8) is 0 Å². The summed E-state index contributed by atoms with van der Waals surface area (Å²) in [6, 6.07) is 0. The van der Waals surface area contributed by atoms with Crippen LogP contribution in [0.5, 0.6) is 0 Å². The van der Waals surface area contributed by atoms with Crippen molar-refractivity contribution in [3.8, 4) is 0 Å². The molecule has 1 amide bonds. The Morgan fingerprint density at radius 2 is 1.62 bits per heavy atom. The molecule has 4 heteroatoms. The average molecular weight is 227 g/mol. The quantitative estimate of drug-likeness (QED) is 0.801. The second kappa shape index (κ2) is 5.32. The van der Waals surface area contributed by atoms with Crippen LogP contribution in [0.2, 0.25) is 0 Å². The maximum atomic E-state index is 11.9.